The Hall–Kier alpha value is -4.52. The Kier molecular flexibility index (Phi) is 4.67. The van der Waals surface area contributed by atoms with Crippen molar-refractivity contribution in [3.8, 4) is 30.6 Å². The van der Waals surface area contributed by atoms with E-state index in [9.17, 15) is 0 Å². The molecule has 0 fully saturated rings. The third-order valence-electron chi connectivity index (χ3n) is 8.48. The van der Waals surface area contributed by atoms with Gasteiger partial charge in [0.2, 0.25) is 0 Å². The summed E-state index contributed by atoms with van der Waals surface area (Å²) in [6.45, 7) is 4.71. The van der Waals surface area contributed by atoms with Crippen molar-refractivity contribution in [2.75, 3.05) is 0 Å². The summed E-state index contributed by atoms with van der Waals surface area (Å²) in [5.74, 6) is 0. The molecule has 4 aromatic carbocycles. The van der Waals surface area contributed by atoms with E-state index in [0.717, 1.165) is 22.1 Å². The topological polar surface area (TPSA) is 51.6 Å². The van der Waals surface area contributed by atoms with E-state index in [-0.39, 0.29) is 5.41 Å². The molecule has 0 aliphatic heterocycles. The fraction of sp³-hybridized carbons (Fsp3) is 0.0857. The summed E-state index contributed by atoms with van der Waals surface area (Å²) >= 11 is 3.76. The van der Waals surface area contributed by atoms with Gasteiger partial charge >= 0.3 is 0 Å². The van der Waals surface area contributed by atoms with Crippen LogP contribution in [0.5, 0.6) is 0 Å². The number of hydrogen-bond acceptors (Lipinski definition) is 6. The summed E-state index contributed by atoms with van der Waals surface area (Å²) in [4.78, 5) is 24.1. The van der Waals surface area contributed by atoms with Gasteiger partial charge in [0, 0.05) is 60.8 Å². The molecule has 0 spiro atoms. The van der Waals surface area contributed by atoms with E-state index in [2.05, 4.69) is 96.6 Å². The fourth-order valence-electron chi connectivity index (χ4n) is 6.48. The smallest absolute Gasteiger partial charge is 0.0979 e. The van der Waals surface area contributed by atoms with Gasteiger partial charge in [0.1, 0.15) is 0 Å². The second-order valence-corrected chi connectivity index (χ2v) is 13.2. The van der Waals surface area contributed by atoms with E-state index in [1.54, 1.807) is 24.8 Å². The van der Waals surface area contributed by atoms with Crippen LogP contribution in [-0.4, -0.2) is 19.9 Å². The number of nitrogens with zero attached hydrogens (tertiary/aromatic N) is 4. The highest BCUT2D eigenvalue weighted by Crippen LogP contribution is 2.59. The van der Waals surface area contributed by atoms with Gasteiger partial charge in [-0.1, -0.05) is 62.4 Å². The van der Waals surface area contributed by atoms with Crippen LogP contribution in [-0.2, 0) is 5.41 Å². The maximum Gasteiger partial charge on any atom is 0.0979 e. The lowest BCUT2D eigenvalue weighted by Crippen LogP contribution is -2.13. The van der Waals surface area contributed by atoms with Crippen LogP contribution in [0, 0.1) is 0 Å². The number of fused-ring (bicyclic) bond motifs is 7. The second kappa shape index (κ2) is 8.26. The van der Waals surface area contributed by atoms with Crippen molar-refractivity contribution in [3.05, 3.63) is 109 Å². The Morgan fingerprint density at radius 2 is 0.976 bits per heavy atom. The molecule has 0 saturated heterocycles. The molecule has 4 aromatic heterocycles. The zero-order chi connectivity index (χ0) is 27.3. The van der Waals surface area contributed by atoms with E-state index in [0.29, 0.717) is 0 Å². The van der Waals surface area contributed by atoms with Gasteiger partial charge < -0.3 is 0 Å². The van der Waals surface area contributed by atoms with Crippen molar-refractivity contribution >= 4 is 66.3 Å². The van der Waals surface area contributed by atoms with E-state index < -0.39 is 0 Å². The van der Waals surface area contributed by atoms with E-state index in [1.807, 2.05) is 22.7 Å². The van der Waals surface area contributed by atoms with Gasteiger partial charge in [-0.05, 0) is 56.9 Å². The SMILES string of the molecule is CC1(C)c2cc(-c3c4ccccc4cc4nccnc34)sc2-c2sc(-c3c4ccccc4cc4nccnc34)cc21. The van der Waals surface area contributed by atoms with E-state index in [1.165, 1.54) is 63.3 Å². The summed E-state index contributed by atoms with van der Waals surface area (Å²) in [7, 11) is 0. The molecule has 8 aromatic rings. The maximum absolute atomic E-state index is 4.81. The van der Waals surface area contributed by atoms with Crippen LogP contribution < -0.4 is 0 Å². The molecule has 0 amide bonds. The van der Waals surface area contributed by atoms with Crippen LogP contribution in [0.2, 0.25) is 0 Å². The van der Waals surface area contributed by atoms with Crippen LogP contribution in [0.15, 0.2) is 97.6 Å². The second-order valence-electron chi connectivity index (χ2n) is 11.1. The first-order chi connectivity index (χ1) is 20.1. The van der Waals surface area contributed by atoms with E-state index in [4.69, 9.17) is 9.97 Å². The Morgan fingerprint density at radius 1 is 0.537 bits per heavy atom. The van der Waals surface area contributed by atoms with Gasteiger partial charge in [0.25, 0.3) is 0 Å². The molecule has 0 radical (unpaired) electrons. The molecule has 1 aliphatic rings. The standard InChI is InChI=1S/C35H22N4S2/c1-35(2)23-17-27(29-21-9-5-3-7-19(21)15-25-31(29)38-13-11-36-25)40-33(23)34-24(35)18-28(41-34)30-22-10-6-4-8-20(22)16-26-32(30)39-14-12-37-26/h3-18H,1-2H3. The number of aromatic nitrogens is 4. The predicted molar refractivity (Wildman–Crippen MR) is 172 cm³/mol. The summed E-state index contributed by atoms with van der Waals surface area (Å²) in [6.07, 6.45) is 7.15. The lowest BCUT2D eigenvalue weighted by molar-refractivity contribution is 0.663. The maximum atomic E-state index is 4.81. The highest BCUT2D eigenvalue weighted by atomic mass is 32.1. The van der Waals surface area contributed by atoms with Crippen LogP contribution in [0.1, 0.15) is 25.0 Å². The highest BCUT2D eigenvalue weighted by molar-refractivity contribution is 7.26. The highest BCUT2D eigenvalue weighted by Gasteiger charge is 2.40. The lowest BCUT2D eigenvalue weighted by atomic mass is 9.83. The molecule has 9 rings (SSSR count). The summed E-state index contributed by atoms with van der Waals surface area (Å²) in [5, 5.41) is 4.80. The molecule has 1 aliphatic carbocycles. The van der Waals surface area contributed by atoms with Crippen molar-refractivity contribution in [1.29, 1.82) is 0 Å². The van der Waals surface area contributed by atoms with Crippen molar-refractivity contribution in [1.82, 2.24) is 19.9 Å². The van der Waals surface area contributed by atoms with Gasteiger partial charge in [-0.25, -0.2) is 0 Å². The summed E-state index contributed by atoms with van der Waals surface area (Å²) in [5.41, 5.74) is 8.77. The van der Waals surface area contributed by atoms with Gasteiger partial charge in [0.15, 0.2) is 0 Å². The Morgan fingerprint density at radius 3 is 1.46 bits per heavy atom. The minimum Gasteiger partial charge on any atom is -0.253 e. The molecule has 0 bridgehead atoms. The Labute approximate surface area is 244 Å². The third-order valence-corrected chi connectivity index (χ3v) is 11.0. The predicted octanol–water partition coefficient (Wildman–Crippen LogP) is 9.64. The normalized spacial score (nSPS) is 13.8. The van der Waals surface area contributed by atoms with Crippen LogP contribution in [0.3, 0.4) is 0 Å². The van der Waals surface area contributed by atoms with Crippen LogP contribution in [0.25, 0.3) is 74.2 Å². The number of benzene rings is 4. The summed E-state index contributed by atoms with van der Waals surface area (Å²) in [6, 6.07) is 26.2. The van der Waals surface area contributed by atoms with Crippen molar-refractivity contribution < 1.29 is 0 Å². The monoisotopic (exact) mass is 562 g/mol. The molecule has 4 nitrogen and oxygen atoms in total. The Bertz CT molecular complexity index is 2090. The number of thiophene rings is 2. The zero-order valence-electron chi connectivity index (χ0n) is 22.3. The summed E-state index contributed by atoms with van der Waals surface area (Å²) < 4.78 is 0. The first-order valence-corrected chi connectivity index (χ1v) is 15.3. The molecule has 194 valence electrons. The van der Waals surface area contributed by atoms with Gasteiger partial charge in [-0.15, -0.1) is 22.7 Å². The van der Waals surface area contributed by atoms with Crippen molar-refractivity contribution in [2.45, 2.75) is 19.3 Å². The largest absolute Gasteiger partial charge is 0.253 e. The van der Waals surface area contributed by atoms with Crippen LogP contribution >= 0.6 is 22.7 Å². The molecule has 6 heteroatoms. The molecule has 0 atom stereocenters. The van der Waals surface area contributed by atoms with Crippen molar-refractivity contribution in [3.63, 3.8) is 0 Å². The van der Waals surface area contributed by atoms with Gasteiger partial charge in [0.05, 0.1) is 22.1 Å². The van der Waals surface area contributed by atoms with Gasteiger partial charge in [-0.2, -0.15) is 0 Å². The number of hydrogen-bond donors (Lipinski definition) is 0. The van der Waals surface area contributed by atoms with Gasteiger partial charge in [-0.3, -0.25) is 19.9 Å². The zero-order valence-corrected chi connectivity index (χ0v) is 24.0. The minimum absolute atomic E-state index is 0.119. The molecule has 0 saturated carbocycles. The quantitative estimate of drug-likeness (QED) is 0.197. The average molecular weight is 563 g/mol. The molecule has 41 heavy (non-hydrogen) atoms. The molecule has 0 unspecified atom stereocenters. The molecular weight excluding hydrogens is 541 g/mol. The minimum atomic E-state index is -0.119. The Balaban J connectivity index is 1.30. The van der Waals surface area contributed by atoms with Crippen molar-refractivity contribution in [2.24, 2.45) is 0 Å². The first kappa shape index (κ1) is 23.2. The molecular formula is C35H22N4S2. The average Bonchev–Trinajstić information content (AvgIpc) is 3.68. The molecule has 4 heterocycles. The number of rotatable bonds is 2. The lowest BCUT2D eigenvalue weighted by Gasteiger charge is -2.19. The van der Waals surface area contributed by atoms with Crippen LogP contribution in [0.4, 0.5) is 0 Å². The third kappa shape index (κ3) is 3.20. The molecule has 0 N–H and O–H groups in total. The first-order valence-electron chi connectivity index (χ1n) is 13.6. The fourth-order valence-corrected chi connectivity index (χ4v) is 9.40. The van der Waals surface area contributed by atoms with E-state index >= 15 is 0 Å².